The van der Waals surface area contributed by atoms with Crippen LogP contribution in [0.1, 0.15) is 25.8 Å². The SMILES string of the molecule is CCN(CC)CCC(Cc1ccncc1)NN. The Morgan fingerprint density at radius 2 is 1.94 bits per heavy atom. The van der Waals surface area contributed by atoms with E-state index in [1.165, 1.54) is 5.56 Å². The van der Waals surface area contributed by atoms with Crippen LogP contribution in [0, 0.1) is 0 Å². The maximum Gasteiger partial charge on any atom is 0.0270 e. The first kappa shape index (κ1) is 14.1. The van der Waals surface area contributed by atoms with Crippen LogP contribution in [-0.4, -0.2) is 35.6 Å². The summed E-state index contributed by atoms with van der Waals surface area (Å²) in [5, 5.41) is 0. The van der Waals surface area contributed by atoms with Crippen LogP contribution in [0.5, 0.6) is 0 Å². The van der Waals surface area contributed by atoms with E-state index in [9.17, 15) is 0 Å². The van der Waals surface area contributed by atoms with Gasteiger partial charge in [-0.1, -0.05) is 13.8 Å². The fourth-order valence-corrected chi connectivity index (χ4v) is 1.93. The summed E-state index contributed by atoms with van der Waals surface area (Å²) in [5.74, 6) is 5.61. The molecule has 0 amide bonds. The molecule has 0 aliphatic carbocycles. The molecule has 0 bridgehead atoms. The van der Waals surface area contributed by atoms with Crippen molar-refractivity contribution in [2.75, 3.05) is 19.6 Å². The summed E-state index contributed by atoms with van der Waals surface area (Å²) in [6.07, 6.45) is 5.68. The Hall–Kier alpha value is -0.970. The Bertz CT molecular complexity index is 285. The fraction of sp³-hybridized carbons (Fsp3) is 0.615. The molecule has 17 heavy (non-hydrogen) atoms. The molecule has 3 N–H and O–H groups in total. The van der Waals surface area contributed by atoms with Crippen molar-refractivity contribution < 1.29 is 0 Å². The highest BCUT2D eigenvalue weighted by Crippen LogP contribution is 2.05. The van der Waals surface area contributed by atoms with Crippen molar-refractivity contribution in [3.63, 3.8) is 0 Å². The zero-order valence-electron chi connectivity index (χ0n) is 10.9. The predicted octanol–water partition coefficient (Wildman–Crippen LogP) is 1.19. The Labute approximate surface area is 104 Å². The highest BCUT2D eigenvalue weighted by molar-refractivity contribution is 5.11. The van der Waals surface area contributed by atoms with Crippen molar-refractivity contribution in [1.82, 2.24) is 15.3 Å². The van der Waals surface area contributed by atoms with Crippen molar-refractivity contribution in [2.45, 2.75) is 32.7 Å². The lowest BCUT2D eigenvalue weighted by Gasteiger charge is -2.22. The van der Waals surface area contributed by atoms with Crippen LogP contribution in [0.3, 0.4) is 0 Å². The molecule has 1 aromatic rings. The van der Waals surface area contributed by atoms with Gasteiger partial charge in [-0.05, 0) is 50.2 Å². The zero-order chi connectivity index (χ0) is 12.5. The maximum atomic E-state index is 5.61. The molecule has 1 heterocycles. The maximum absolute atomic E-state index is 5.61. The number of rotatable bonds is 8. The van der Waals surface area contributed by atoms with E-state index in [1.54, 1.807) is 0 Å². The monoisotopic (exact) mass is 236 g/mol. The van der Waals surface area contributed by atoms with Crippen LogP contribution in [0.15, 0.2) is 24.5 Å². The summed E-state index contributed by atoms with van der Waals surface area (Å²) >= 11 is 0. The molecule has 1 unspecified atom stereocenters. The molecule has 1 aromatic heterocycles. The Balaban J connectivity index is 2.38. The van der Waals surface area contributed by atoms with Crippen LogP contribution < -0.4 is 11.3 Å². The minimum atomic E-state index is 0.331. The first-order valence-electron chi connectivity index (χ1n) is 6.37. The molecule has 0 aliphatic rings. The Morgan fingerprint density at radius 1 is 1.29 bits per heavy atom. The normalized spacial score (nSPS) is 12.9. The van der Waals surface area contributed by atoms with Gasteiger partial charge < -0.3 is 4.90 Å². The molecule has 0 fully saturated rings. The number of hydrazine groups is 1. The first-order valence-corrected chi connectivity index (χ1v) is 6.37. The van der Waals surface area contributed by atoms with Crippen LogP contribution in [0.25, 0.3) is 0 Å². The highest BCUT2D eigenvalue weighted by atomic mass is 15.2. The molecule has 0 radical (unpaired) electrons. The molecule has 0 aliphatic heterocycles. The third kappa shape index (κ3) is 5.26. The van der Waals surface area contributed by atoms with E-state index in [1.807, 2.05) is 24.5 Å². The number of nitrogens with one attached hydrogen (secondary N) is 1. The molecule has 1 rings (SSSR count). The van der Waals surface area contributed by atoms with Gasteiger partial charge in [0.15, 0.2) is 0 Å². The second kappa shape index (κ2) is 8.17. The standard InChI is InChI=1S/C13H24N4/c1-3-17(4-2)10-7-13(16-14)11-12-5-8-15-9-6-12/h5-6,8-9,13,16H,3-4,7,10-11,14H2,1-2H3. The van der Waals surface area contributed by atoms with Gasteiger partial charge in [0.05, 0.1) is 0 Å². The molecule has 96 valence electrons. The third-order valence-electron chi connectivity index (χ3n) is 3.16. The largest absolute Gasteiger partial charge is 0.304 e. The van der Waals surface area contributed by atoms with Crippen LogP contribution in [0.2, 0.25) is 0 Å². The van der Waals surface area contributed by atoms with Crippen LogP contribution in [-0.2, 0) is 6.42 Å². The summed E-state index contributed by atoms with van der Waals surface area (Å²) in [6.45, 7) is 7.67. The number of nitrogens with zero attached hydrogens (tertiary/aromatic N) is 2. The average Bonchev–Trinajstić information content (AvgIpc) is 2.39. The number of hydrogen-bond donors (Lipinski definition) is 2. The molecule has 0 saturated carbocycles. The quantitative estimate of drug-likeness (QED) is 0.526. The topological polar surface area (TPSA) is 54.2 Å². The average molecular weight is 236 g/mol. The van der Waals surface area contributed by atoms with Gasteiger partial charge in [0, 0.05) is 18.4 Å². The Morgan fingerprint density at radius 3 is 2.47 bits per heavy atom. The lowest BCUT2D eigenvalue weighted by Crippen LogP contribution is -2.39. The van der Waals surface area contributed by atoms with Gasteiger partial charge in [0.25, 0.3) is 0 Å². The number of hydrogen-bond acceptors (Lipinski definition) is 4. The van der Waals surface area contributed by atoms with Gasteiger partial charge in [0.2, 0.25) is 0 Å². The number of aromatic nitrogens is 1. The van der Waals surface area contributed by atoms with E-state index in [0.717, 1.165) is 32.5 Å². The van der Waals surface area contributed by atoms with E-state index < -0.39 is 0 Å². The molecule has 4 heteroatoms. The number of nitrogens with two attached hydrogens (primary N) is 1. The summed E-state index contributed by atoms with van der Waals surface area (Å²) in [4.78, 5) is 6.43. The first-order chi connectivity index (χ1) is 8.30. The molecule has 0 aromatic carbocycles. The van der Waals surface area contributed by atoms with Crippen LogP contribution >= 0.6 is 0 Å². The molecular weight excluding hydrogens is 212 g/mol. The van der Waals surface area contributed by atoms with E-state index in [4.69, 9.17) is 5.84 Å². The molecule has 1 atom stereocenters. The van der Waals surface area contributed by atoms with Crippen LogP contribution in [0.4, 0.5) is 0 Å². The molecule has 4 nitrogen and oxygen atoms in total. The lowest BCUT2D eigenvalue weighted by molar-refractivity contribution is 0.281. The van der Waals surface area contributed by atoms with E-state index in [-0.39, 0.29) is 0 Å². The third-order valence-corrected chi connectivity index (χ3v) is 3.16. The van der Waals surface area contributed by atoms with Crippen molar-refractivity contribution in [3.8, 4) is 0 Å². The summed E-state index contributed by atoms with van der Waals surface area (Å²) in [6, 6.07) is 4.42. The molecule has 0 spiro atoms. The van der Waals surface area contributed by atoms with Crippen molar-refractivity contribution in [3.05, 3.63) is 30.1 Å². The highest BCUT2D eigenvalue weighted by Gasteiger charge is 2.09. The van der Waals surface area contributed by atoms with E-state index in [0.29, 0.717) is 6.04 Å². The smallest absolute Gasteiger partial charge is 0.0270 e. The van der Waals surface area contributed by atoms with Crippen molar-refractivity contribution in [1.29, 1.82) is 0 Å². The van der Waals surface area contributed by atoms with E-state index in [2.05, 4.69) is 29.2 Å². The zero-order valence-corrected chi connectivity index (χ0v) is 10.9. The lowest BCUT2D eigenvalue weighted by atomic mass is 10.0. The van der Waals surface area contributed by atoms with Gasteiger partial charge in [-0.3, -0.25) is 16.3 Å². The molecular formula is C13H24N4. The van der Waals surface area contributed by atoms with E-state index >= 15 is 0 Å². The van der Waals surface area contributed by atoms with Gasteiger partial charge in [-0.25, -0.2) is 0 Å². The molecule has 0 saturated heterocycles. The summed E-state index contributed by atoms with van der Waals surface area (Å²) in [5.41, 5.74) is 4.19. The fourth-order valence-electron chi connectivity index (χ4n) is 1.93. The second-order valence-electron chi connectivity index (χ2n) is 4.24. The second-order valence-corrected chi connectivity index (χ2v) is 4.24. The number of pyridine rings is 1. The summed E-state index contributed by atoms with van der Waals surface area (Å²) < 4.78 is 0. The van der Waals surface area contributed by atoms with Crippen molar-refractivity contribution in [2.24, 2.45) is 5.84 Å². The van der Waals surface area contributed by atoms with Gasteiger partial charge in [-0.15, -0.1) is 0 Å². The summed E-state index contributed by atoms with van der Waals surface area (Å²) in [7, 11) is 0. The minimum Gasteiger partial charge on any atom is -0.304 e. The predicted molar refractivity (Wildman–Crippen MR) is 71.5 cm³/mol. The van der Waals surface area contributed by atoms with Crippen molar-refractivity contribution >= 4 is 0 Å². The Kier molecular flexibility index (Phi) is 6.77. The van der Waals surface area contributed by atoms with Gasteiger partial charge in [-0.2, -0.15) is 0 Å². The minimum absolute atomic E-state index is 0.331. The van der Waals surface area contributed by atoms with Gasteiger partial charge >= 0.3 is 0 Å². The van der Waals surface area contributed by atoms with Gasteiger partial charge in [0.1, 0.15) is 0 Å².